The van der Waals surface area contributed by atoms with E-state index in [1.807, 2.05) is 10.9 Å². The molecule has 1 unspecified atom stereocenters. The predicted octanol–water partition coefficient (Wildman–Crippen LogP) is 3.35. The highest BCUT2D eigenvalue weighted by atomic mass is 15.3. The van der Waals surface area contributed by atoms with Crippen LogP contribution in [-0.4, -0.2) is 37.7 Å². The van der Waals surface area contributed by atoms with Crippen LogP contribution in [0.15, 0.2) is 30.6 Å². The van der Waals surface area contributed by atoms with Gasteiger partial charge in [-0.15, -0.1) is 0 Å². The lowest BCUT2D eigenvalue weighted by molar-refractivity contribution is 0.477. The van der Waals surface area contributed by atoms with Crippen LogP contribution in [0.2, 0.25) is 0 Å². The molecule has 25 heavy (non-hydrogen) atoms. The highest BCUT2D eigenvalue weighted by molar-refractivity contribution is 5.81. The Morgan fingerprint density at radius 3 is 3.00 bits per heavy atom. The summed E-state index contributed by atoms with van der Waals surface area (Å²) in [6.45, 7) is 6.88. The molecule has 1 atom stereocenters. The van der Waals surface area contributed by atoms with Gasteiger partial charge in [-0.05, 0) is 30.0 Å². The maximum absolute atomic E-state index is 9.03. The van der Waals surface area contributed by atoms with Crippen molar-refractivity contribution in [3.8, 4) is 17.3 Å². The summed E-state index contributed by atoms with van der Waals surface area (Å²) in [6.07, 6.45) is 7.22. The molecule has 0 saturated carbocycles. The third-order valence-electron chi connectivity index (χ3n) is 4.74. The van der Waals surface area contributed by atoms with Gasteiger partial charge in [0.1, 0.15) is 5.82 Å². The molecule has 2 aromatic heterocycles. The number of fused-ring (bicyclic) bond motifs is 1. The Hall–Kier alpha value is -2.81. The zero-order valence-electron chi connectivity index (χ0n) is 14.6. The van der Waals surface area contributed by atoms with Crippen LogP contribution >= 0.6 is 0 Å². The van der Waals surface area contributed by atoms with Gasteiger partial charge < -0.3 is 9.88 Å². The smallest absolute Gasteiger partial charge is 0.179 e. The van der Waals surface area contributed by atoms with Crippen LogP contribution < -0.4 is 0 Å². The summed E-state index contributed by atoms with van der Waals surface area (Å²) in [5.41, 5.74) is 4.28. The lowest BCUT2D eigenvalue weighted by atomic mass is 10.1. The molecule has 1 saturated heterocycles. The molecule has 1 aliphatic rings. The molecule has 1 aromatic carbocycles. The molecule has 128 valence electrons. The summed E-state index contributed by atoms with van der Waals surface area (Å²) < 4.78 is 2.00. The summed E-state index contributed by atoms with van der Waals surface area (Å²) in [5.74, 6) is 1.87. The number of aromatic nitrogens is 4. The van der Waals surface area contributed by atoms with Crippen molar-refractivity contribution >= 4 is 11.0 Å². The molecular weight excluding hydrogens is 312 g/mol. The number of imidazole rings is 1. The maximum Gasteiger partial charge on any atom is 0.179 e. The van der Waals surface area contributed by atoms with Gasteiger partial charge in [-0.2, -0.15) is 10.4 Å². The number of benzene rings is 1. The molecule has 4 rings (SSSR count). The van der Waals surface area contributed by atoms with Gasteiger partial charge in [-0.25, -0.2) is 4.98 Å². The Balaban J connectivity index is 1.60. The number of nitrogens with zero attached hydrogens (tertiary/aromatic N) is 5. The van der Waals surface area contributed by atoms with Crippen molar-refractivity contribution in [1.29, 1.82) is 5.26 Å². The fraction of sp³-hybridized carbons (Fsp3) is 0.421. The van der Waals surface area contributed by atoms with Gasteiger partial charge in [0.2, 0.25) is 0 Å². The Morgan fingerprint density at radius 1 is 1.36 bits per heavy atom. The topological polar surface area (TPSA) is 73.5 Å². The first kappa shape index (κ1) is 15.7. The maximum atomic E-state index is 9.03. The SMILES string of the molecule is CC(C)Cn1cc(-c2ccc3nc(C4CCN(C#N)C4)[nH]c3c2)cn1. The first-order chi connectivity index (χ1) is 12.1. The number of hydrogen-bond acceptors (Lipinski definition) is 4. The summed E-state index contributed by atoms with van der Waals surface area (Å²) in [4.78, 5) is 9.99. The largest absolute Gasteiger partial charge is 0.342 e. The second-order valence-electron chi connectivity index (χ2n) is 7.23. The number of aromatic amines is 1. The van der Waals surface area contributed by atoms with Crippen molar-refractivity contribution in [2.45, 2.75) is 32.7 Å². The van der Waals surface area contributed by atoms with Crippen LogP contribution in [0.4, 0.5) is 0 Å². The highest BCUT2D eigenvalue weighted by Gasteiger charge is 2.25. The predicted molar refractivity (Wildman–Crippen MR) is 96.7 cm³/mol. The number of H-pyrrole nitrogens is 1. The van der Waals surface area contributed by atoms with E-state index in [0.29, 0.717) is 11.8 Å². The monoisotopic (exact) mass is 334 g/mol. The van der Waals surface area contributed by atoms with Crippen molar-refractivity contribution in [1.82, 2.24) is 24.6 Å². The van der Waals surface area contributed by atoms with Crippen molar-refractivity contribution in [3.05, 3.63) is 36.4 Å². The van der Waals surface area contributed by atoms with Gasteiger partial charge >= 0.3 is 0 Å². The number of likely N-dealkylation sites (tertiary alicyclic amines) is 1. The lowest BCUT2D eigenvalue weighted by Crippen LogP contribution is -2.13. The van der Waals surface area contributed by atoms with Gasteiger partial charge in [0, 0.05) is 37.3 Å². The van der Waals surface area contributed by atoms with Crippen LogP contribution in [0, 0.1) is 17.4 Å². The second-order valence-corrected chi connectivity index (χ2v) is 7.23. The molecule has 0 spiro atoms. The fourth-order valence-corrected chi connectivity index (χ4v) is 3.46. The van der Waals surface area contributed by atoms with Crippen LogP contribution in [-0.2, 0) is 6.54 Å². The van der Waals surface area contributed by atoms with Gasteiger partial charge in [-0.3, -0.25) is 4.68 Å². The Morgan fingerprint density at radius 2 is 2.24 bits per heavy atom. The number of rotatable bonds is 4. The van der Waals surface area contributed by atoms with Crippen molar-refractivity contribution in [3.63, 3.8) is 0 Å². The summed E-state index contributed by atoms with van der Waals surface area (Å²) in [6, 6.07) is 6.29. The van der Waals surface area contributed by atoms with Crippen LogP contribution in [0.1, 0.15) is 32.0 Å². The summed E-state index contributed by atoms with van der Waals surface area (Å²) in [5, 5.41) is 13.5. The van der Waals surface area contributed by atoms with Crippen molar-refractivity contribution in [2.75, 3.05) is 13.1 Å². The molecule has 3 aromatic rings. The fourth-order valence-electron chi connectivity index (χ4n) is 3.46. The summed E-state index contributed by atoms with van der Waals surface area (Å²) >= 11 is 0. The average Bonchev–Trinajstić information content (AvgIpc) is 3.32. The normalized spacial score (nSPS) is 17.5. The van der Waals surface area contributed by atoms with Gasteiger partial charge in [0.15, 0.2) is 6.19 Å². The number of hydrogen-bond donors (Lipinski definition) is 1. The van der Waals surface area contributed by atoms with Crippen LogP contribution in [0.25, 0.3) is 22.2 Å². The van der Waals surface area contributed by atoms with Gasteiger partial charge in [0.25, 0.3) is 0 Å². The third kappa shape index (κ3) is 3.10. The van der Waals surface area contributed by atoms with Gasteiger partial charge in [-0.1, -0.05) is 19.9 Å². The number of nitrogens with one attached hydrogen (secondary N) is 1. The minimum absolute atomic E-state index is 0.310. The second kappa shape index (κ2) is 6.25. The minimum Gasteiger partial charge on any atom is -0.342 e. The molecule has 0 radical (unpaired) electrons. The Kier molecular flexibility index (Phi) is 3.92. The molecular formula is C19H22N6. The van der Waals surface area contributed by atoms with Gasteiger partial charge in [0.05, 0.1) is 17.2 Å². The van der Waals surface area contributed by atoms with E-state index >= 15 is 0 Å². The molecule has 0 aliphatic carbocycles. The van der Waals surface area contributed by atoms with Crippen LogP contribution in [0.3, 0.4) is 0 Å². The first-order valence-corrected chi connectivity index (χ1v) is 8.79. The minimum atomic E-state index is 0.310. The Bertz CT molecular complexity index is 929. The molecule has 1 aliphatic heterocycles. The zero-order valence-corrected chi connectivity index (χ0v) is 14.6. The Labute approximate surface area is 147 Å². The first-order valence-electron chi connectivity index (χ1n) is 8.79. The molecule has 0 amide bonds. The quantitative estimate of drug-likeness (QED) is 0.743. The lowest BCUT2D eigenvalue weighted by Gasteiger charge is -2.05. The molecule has 1 fully saturated rings. The van der Waals surface area contributed by atoms with E-state index in [1.165, 1.54) is 0 Å². The average molecular weight is 334 g/mol. The number of nitriles is 1. The van der Waals surface area contributed by atoms with E-state index in [9.17, 15) is 0 Å². The third-order valence-corrected chi connectivity index (χ3v) is 4.74. The van der Waals surface area contributed by atoms with E-state index in [1.54, 1.807) is 4.90 Å². The van der Waals surface area contributed by atoms with E-state index in [0.717, 1.165) is 54.0 Å². The molecule has 0 bridgehead atoms. The standard InChI is InChI=1S/C19H22N6/c1-13(2)9-25-11-16(8-21-25)14-3-4-17-18(7-14)23-19(22-17)15-5-6-24(10-15)12-20/h3-4,7-8,11,13,15H,5-6,9-10H2,1-2H3,(H,22,23). The molecule has 6 nitrogen and oxygen atoms in total. The van der Waals surface area contributed by atoms with E-state index < -0.39 is 0 Å². The van der Waals surface area contributed by atoms with E-state index in [2.05, 4.69) is 54.5 Å². The molecule has 6 heteroatoms. The van der Waals surface area contributed by atoms with Crippen LogP contribution in [0.5, 0.6) is 0 Å². The van der Waals surface area contributed by atoms with Crippen molar-refractivity contribution in [2.24, 2.45) is 5.92 Å². The molecule has 1 N–H and O–H groups in total. The van der Waals surface area contributed by atoms with E-state index in [-0.39, 0.29) is 0 Å². The van der Waals surface area contributed by atoms with E-state index in [4.69, 9.17) is 10.2 Å². The van der Waals surface area contributed by atoms with Crippen molar-refractivity contribution < 1.29 is 0 Å². The summed E-state index contributed by atoms with van der Waals surface area (Å²) in [7, 11) is 0. The highest BCUT2D eigenvalue weighted by Crippen LogP contribution is 2.28. The molecule has 3 heterocycles. The zero-order chi connectivity index (χ0) is 17.4.